The van der Waals surface area contributed by atoms with Gasteiger partial charge in [0.25, 0.3) is 5.91 Å². The molecule has 1 fully saturated rings. The Hall–Kier alpha value is -3.00. The summed E-state index contributed by atoms with van der Waals surface area (Å²) >= 11 is 0. The number of carboxylic acid groups (broad SMARTS) is 1. The van der Waals surface area contributed by atoms with Crippen LogP contribution in [0.25, 0.3) is 11.3 Å². The number of hydrogen-bond donors (Lipinski definition) is 2. The average Bonchev–Trinajstić information content (AvgIpc) is 3.05. The molecule has 0 radical (unpaired) electrons. The quantitative estimate of drug-likeness (QED) is 0.800. The van der Waals surface area contributed by atoms with Crippen molar-refractivity contribution in [2.45, 2.75) is 45.3 Å². The fourth-order valence-corrected chi connectivity index (χ4v) is 3.75. The lowest BCUT2D eigenvalue weighted by Gasteiger charge is -2.23. The summed E-state index contributed by atoms with van der Waals surface area (Å²) in [5, 5.41) is 12.6. The van der Waals surface area contributed by atoms with Gasteiger partial charge in [-0.1, -0.05) is 12.1 Å². The SMILES string of the molecule is Cc1cnc(NC2CCOCC2)nc1-c1ccc2c(c1)C(=O)N([C@@H](C)C(=O)O)C2. The fourth-order valence-electron chi connectivity index (χ4n) is 3.75. The van der Waals surface area contributed by atoms with Crippen LogP contribution in [0.1, 0.15) is 41.3 Å². The van der Waals surface area contributed by atoms with Gasteiger partial charge in [-0.25, -0.2) is 14.8 Å². The number of ether oxygens (including phenoxy) is 1. The van der Waals surface area contributed by atoms with Crippen molar-refractivity contribution in [1.29, 1.82) is 0 Å². The second-order valence-corrected chi connectivity index (χ2v) is 7.58. The Morgan fingerprint density at radius 2 is 2.10 bits per heavy atom. The maximum absolute atomic E-state index is 12.7. The highest BCUT2D eigenvalue weighted by Crippen LogP contribution is 2.30. The molecule has 1 amide bonds. The van der Waals surface area contributed by atoms with Crippen LogP contribution in [0.5, 0.6) is 0 Å². The van der Waals surface area contributed by atoms with Crippen LogP contribution in [-0.4, -0.2) is 57.1 Å². The minimum Gasteiger partial charge on any atom is -0.480 e. The maximum Gasteiger partial charge on any atom is 0.326 e. The summed E-state index contributed by atoms with van der Waals surface area (Å²) in [5.74, 6) is -0.712. The van der Waals surface area contributed by atoms with Crippen molar-refractivity contribution in [3.05, 3.63) is 41.1 Å². The molecule has 1 aromatic carbocycles. The number of nitrogens with one attached hydrogen (secondary N) is 1. The molecule has 2 aliphatic rings. The first-order valence-corrected chi connectivity index (χ1v) is 9.79. The number of amides is 1. The summed E-state index contributed by atoms with van der Waals surface area (Å²) in [5.41, 5.74) is 3.85. The third-order valence-electron chi connectivity index (χ3n) is 5.57. The maximum atomic E-state index is 12.7. The van der Waals surface area contributed by atoms with E-state index in [1.54, 1.807) is 12.3 Å². The largest absolute Gasteiger partial charge is 0.480 e. The van der Waals surface area contributed by atoms with E-state index in [1.165, 1.54) is 11.8 Å². The van der Waals surface area contributed by atoms with E-state index >= 15 is 0 Å². The lowest BCUT2D eigenvalue weighted by Crippen LogP contribution is -2.38. The highest BCUT2D eigenvalue weighted by atomic mass is 16.5. The second-order valence-electron chi connectivity index (χ2n) is 7.58. The van der Waals surface area contributed by atoms with Crippen molar-refractivity contribution in [3.63, 3.8) is 0 Å². The Bertz CT molecular complexity index is 956. The van der Waals surface area contributed by atoms with Crippen LogP contribution in [0.2, 0.25) is 0 Å². The van der Waals surface area contributed by atoms with Crippen LogP contribution in [0, 0.1) is 6.92 Å². The van der Waals surface area contributed by atoms with Crippen LogP contribution < -0.4 is 5.32 Å². The van der Waals surface area contributed by atoms with Gasteiger partial charge in [0.15, 0.2) is 0 Å². The van der Waals surface area contributed by atoms with Crippen LogP contribution in [0.4, 0.5) is 5.95 Å². The number of aliphatic carboxylic acids is 1. The minimum atomic E-state index is -1.01. The lowest BCUT2D eigenvalue weighted by atomic mass is 10.0. The van der Waals surface area contributed by atoms with Crippen molar-refractivity contribution in [2.75, 3.05) is 18.5 Å². The van der Waals surface area contributed by atoms with Gasteiger partial charge >= 0.3 is 5.97 Å². The molecular weight excluding hydrogens is 372 g/mol. The zero-order valence-corrected chi connectivity index (χ0v) is 16.5. The van der Waals surface area contributed by atoms with Crippen molar-refractivity contribution >= 4 is 17.8 Å². The van der Waals surface area contributed by atoms with E-state index in [0.717, 1.165) is 48.4 Å². The van der Waals surface area contributed by atoms with Crippen molar-refractivity contribution in [3.8, 4) is 11.3 Å². The standard InChI is InChI=1S/C21H24N4O4/c1-12-10-22-21(23-16-5-7-29-8-6-16)24-18(12)14-3-4-15-11-25(13(2)20(27)28)19(26)17(15)9-14/h3-4,9-10,13,16H,5-8,11H2,1-2H3,(H,27,28)(H,22,23,24)/t13-/m0/s1. The Balaban J connectivity index is 1.61. The van der Waals surface area contributed by atoms with E-state index in [0.29, 0.717) is 18.1 Å². The third kappa shape index (κ3) is 3.80. The number of carboxylic acids is 1. The smallest absolute Gasteiger partial charge is 0.326 e. The van der Waals surface area contributed by atoms with Gasteiger partial charge in [0.2, 0.25) is 5.95 Å². The number of aryl methyl sites for hydroxylation is 1. The molecule has 1 atom stereocenters. The topological polar surface area (TPSA) is 105 Å². The van der Waals surface area contributed by atoms with Crippen LogP contribution in [0.15, 0.2) is 24.4 Å². The van der Waals surface area contributed by atoms with Gasteiger partial charge in [-0.15, -0.1) is 0 Å². The molecule has 0 saturated carbocycles. The second kappa shape index (κ2) is 7.79. The molecule has 2 aliphatic heterocycles. The first kappa shape index (κ1) is 19.3. The van der Waals surface area contributed by atoms with Gasteiger partial charge < -0.3 is 20.1 Å². The number of carbonyl (C=O) groups is 2. The van der Waals surface area contributed by atoms with Crippen LogP contribution >= 0.6 is 0 Å². The molecule has 8 heteroatoms. The molecule has 29 heavy (non-hydrogen) atoms. The molecule has 1 saturated heterocycles. The summed E-state index contributed by atoms with van der Waals surface area (Å²) < 4.78 is 5.39. The molecule has 2 N–H and O–H groups in total. The van der Waals surface area contributed by atoms with Crippen molar-refractivity contribution in [1.82, 2.24) is 14.9 Å². The first-order chi connectivity index (χ1) is 13.9. The van der Waals surface area contributed by atoms with Crippen molar-refractivity contribution in [2.24, 2.45) is 0 Å². The summed E-state index contributed by atoms with van der Waals surface area (Å²) in [6, 6.07) is 5.03. The Morgan fingerprint density at radius 3 is 2.83 bits per heavy atom. The zero-order valence-electron chi connectivity index (χ0n) is 16.5. The zero-order chi connectivity index (χ0) is 20.5. The van der Waals surface area contributed by atoms with Gasteiger partial charge in [-0.2, -0.15) is 0 Å². The molecular formula is C21H24N4O4. The Kier molecular flexibility index (Phi) is 5.19. The molecule has 0 spiro atoms. The average molecular weight is 396 g/mol. The minimum absolute atomic E-state index is 0.260. The number of nitrogens with zero attached hydrogens (tertiary/aromatic N) is 3. The van der Waals surface area contributed by atoms with E-state index in [9.17, 15) is 14.7 Å². The molecule has 0 bridgehead atoms. The highest BCUT2D eigenvalue weighted by molar-refractivity contribution is 6.01. The summed E-state index contributed by atoms with van der Waals surface area (Å²) in [6.45, 7) is 5.22. The highest BCUT2D eigenvalue weighted by Gasteiger charge is 2.34. The van der Waals surface area contributed by atoms with E-state index in [-0.39, 0.29) is 11.9 Å². The first-order valence-electron chi connectivity index (χ1n) is 9.79. The number of benzene rings is 1. The van der Waals surface area contributed by atoms with Crippen LogP contribution in [0.3, 0.4) is 0 Å². The number of anilines is 1. The van der Waals surface area contributed by atoms with Gasteiger partial charge in [0, 0.05) is 43.1 Å². The van der Waals surface area contributed by atoms with E-state index in [2.05, 4.69) is 15.3 Å². The molecule has 0 unspecified atom stereocenters. The van der Waals surface area contributed by atoms with E-state index < -0.39 is 12.0 Å². The number of carbonyl (C=O) groups excluding carboxylic acids is 1. The predicted molar refractivity (Wildman–Crippen MR) is 107 cm³/mol. The molecule has 8 nitrogen and oxygen atoms in total. The van der Waals surface area contributed by atoms with E-state index in [4.69, 9.17) is 4.74 Å². The molecule has 152 valence electrons. The monoisotopic (exact) mass is 396 g/mol. The van der Waals surface area contributed by atoms with Gasteiger partial charge in [-0.05, 0) is 43.9 Å². The normalized spacial score (nSPS) is 17.9. The van der Waals surface area contributed by atoms with Crippen molar-refractivity contribution < 1.29 is 19.4 Å². The molecule has 3 heterocycles. The van der Waals surface area contributed by atoms with Gasteiger partial charge in [0.05, 0.1) is 5.69 Å². The van der Waals surface area contributed by atoms with E-state index in [1.807, 2.05) is 19.1 Å². The number of aromatic nitrogens is 2. The lowest BCUT2D eigenvalue weighted by molar-refractivity contribution is -0.141. The predicted octanol–water partition coefficient (Wildman–Crippen LogP) is 2.47. The molecule has 4 rings (SSSR count). The fraction of sp³-hybridized carbons (Fsp3) is 0.429. The molecule has 0 aliphatic carbocycles. The van der Waals surface area contributed by atoms with Crippen LogP contribution in [-0.2, 0) is 16.1 Å². The molecule has 2 aromatic rings. The number of rotatable bonds is 5. The summed E-state index contributed by atoms with van der Waals surface area (Å²) in [4.78, 5) is 34.5. The van der Waals surface area contributed by atoms with Gasteiger partial charge in [0.1, 0.15) is 6.04 Å². The van der Waals surface area contributed by atoms with Gasteiger partial charge in [-0.3, -0.25) is 4.79 Å². The third-order valence-corrected chi connectivity index (χ3v) is 5.57. The number of hydrogen-bond acceptors (Lipinski definition) is 6. The summed E-state index contributed by atoms with van der Waals surface area (Å²) in [6.07, 6.45) is 3.60. The molecule has 1 aromatic heterocycles. The Morgan fingerprint density at radius 1 is 1.34 bits per heavy atom. The summed E-state index contributed by atoms with van der Waals surface area (Å²) in [7, 11) is 0. The Labute approximate surface area is 168 Å². The number of fused-ring (bicyclic) bond motifs is 1.